The highest BCUT2D eigenvalue weighted by atomic mass is 32.1. The number of nitrogens with zero attached hydrogens (tertiary/aromatic N) is 1. The second-order valence-corrected chi connectivity index (χ2v) is 5.89. The number of hydrogen-bond acceptors (Lipinski definition) is 3. The van der Waals surface area contributed by atoms with Crippen molar-refractivity contribution in [1.82, 2.24) is 4.98 Å². The number of rotatable bonds is 2. The molecule has 0 fully saturated rings. The molecule has 1 aromatic heterocycles. The fourth-order valence-corrected chi connectivity index (χ4v) is 3.58. The minimum atomic E-state index is 0.192. The van der Waals surface area contributed by atoms with Crippen LogP contribution in [0.25, 0.3) is 11.3 Å². The smallest absolute Gasteiger partial charge is 0.0950 e. The van der Waals surface area contributed by atoms with E-state index in [2.05, 4.69) is 24.3 Å². The van der Waals surface area contributed by atoms with E-state index in [1.165, 1.54) is 26.7 Å². The first kappa shape index (κ1) is 10.9. The van der Waals surface area contributed by atoms with Crippen LogP contribution in [0.3, 0.4) is 0 Å². The molecule has 0 amide bonds. The second-order valence-electron chi connectivity index (χ2n) is 4.72. The Balaban J connectivity index is 2.04. The number of thiazole rings is 1. The zero-order valence-corrected chi connectivity index (χ0v) is 10.8. The first-order valence-electron chi connectivity index (χ1n) is 6.06. The molecule has 17 heavy (non-hydrogen) atoms. The molecule has 88 valence electrons. The van der Waals surface area contributed by atoms with Crippen LogP contribution in [0.5, 0.6) is 0 Å². The number of aryl methyl sites for hydroxylation is 2. The molecule has 0 radical (unpaired) electrons. The van der Waals surface area contributed by atoms with Gasteiger partial charge < -0.3 is 5.73 Å². The Labute approximate surface area is 106 Å². The lowest BCUT2D eigenvalue weighted by Crippen LogP contribution is -2.17. The highest BCUT2D eigenvalue weighted by molar-refractivity contribution is 7.12. The molecule has 2 nitrogen and oxygen atoms in total. The van der Waals surface area contributed by atoms with Gasteiger partial charge in [0, 0.05) is 22.9 Å². The maximum Gasteiger partial charge on any atom is 0.0950 e. The van der Waals surface area contributed by atoms with Crippen molar-refractivity contribution in [2.45, 2.75) is 32.2 Å². The number of nitrogens with two attached hydrogens (primary N) is 1. The first-order chi connectivity index (χ1) is 8.24. The lowest BCUT2D eigenvalue weighted by molar-refractivity contribution is 0.734. The van der Waals surface area contributed by atoms with Crippen LogP contribution >= 0.6 is 11.3 Å². The molecule has 1 atom stereocenters. The van der Waals surface area contributed by atoms with E-state index < -0.39 is 0 Å². The molecule has 2 aromatic rings. The maximum atomic E-state index is 5.84. The molecule has 3 rings (SSSR count). The monoisotopic (exact) mass is 244 g/mol. The number of aromatic nitrogens is 1. The minimum absolute atomic E-state index is 0.192. The van der Waals surface area contributed by atoms with Crippen LogP contribution in [0.4, 0.5) is 0 Å². The van der Waals surface area contributed by atoms with Crippen molar-refractivity contribution in [3.8, 4) is 11.3 Å². The Morgan fingerprint density at radius 3 is 3.00 bits per heavy atom. The molecule has 1 unspecified atom stereocenters. The number of benzene rings is 1. The molecular weight excluding hydrogens is 228 g/mol. The lowest BCUT2D eigenvalue weighted by Gasteiger charge is -2.13. The molecule has 2 N–H and O–H groups in total. The van der Waals surface area contributed by atoms with Gasteiger partial charge >= 0.3 is 0 Å². The zero-order chi connectivity index (χ0) is 11.8. The highest BCUT2D eigenvalue weighted by Crippen LogP contribution is 2.36. The van der Waals surface area contributed by atoms with Crippen molar-refractivity contribution in [2.24, 2.45) is 5.73 Å². The number of fused-ring (bicyclic) bond motifs is 3. The van der Waals surface area contributed by atoms with E-state index in [9.17, 15) is 0 Å². The normalized spacial score (nSPS) is 15.2. The van der Waals surface area contributed by atoms with Gasteiger partial charge in [0.2, 0.25) is 0 Å². The molecule has 3 heteroatoms. The summed E-state index contributed by atoms with van der Waals surface area (Å²) >= 11 is 1.84. The van der Waals surface area contributed by atoms with Gasteiger partial charge in [0.15, 0.2) is 0 Å². The summed E-state index contributed by atoms with van der Waals surface area (Å²) in [4.78, 5) is 6.20. The summed E-state index contributed by atoms with van der Waals surface area (Å²) in [5.41, 5.74) is 9.79. The van der Waals surface area contributed by atoms with E-state index in [4.69, 9.17) is 10.7 Å². The van der Waals surface area contributed by atoms with Crippen molar-refractivity contribution >= 4 is 11.3 Å². The molecule has 1 aromatic carbocycles. The molecule has 0 saturated carbocycles. The third-order valence-corrected chi connectivity index (χ3v) is 4.27. The van der Waals surface area contributed by atoms with E-state index in [1.807, 2.05) is 18.3 Å². The van der Waals surface area contributed by atoms with Crippen molar-refractivity contribution < 1.29 is 0 Å². The standard InChI is InChI=1S/C14H16N2S/c1-9(15)8-13-16-14-11-5-3-2-4-10(11)6-7-12(14)17-13/h2-5,9H,6-8,15H2,1H3. The molecule has 1 aliphatic rings. The Hall–Kier alpha value is -1.19. The first-order valence-corrected chi connectivity index (χ1v) is 6.88. The average molecular weight is 244 g/mol. The van der Waals surface area contributed by atoms with Crippen molar-refractivity contribution in [3.05, 3.63) is 39.7 Å². The van der Waals surface area contributed by atoms with Crippen LogP contribution in [-0.2, 0) is 19.3 Å². The summed E-state index contributed by atoms with van der Waals surface area (Å²) in [5.74, 6) is 0. The van der Waals surface area contributed by atoms with E-state index in [0.29, 0.717) is 0 Å². The summed E-state index contributed by atoms with van der Waals surface area (Å²) in [6.45, 7) is 2.04. The second kappa shape index (κ2) is 4.24. The third kappa shape index (κ3) is 2.01. The molecule has 0 bridgehead atoms. The van der Waals surface area contributed by atoms with E-state index >= 15 is 0 Å². The van der Waals surface area contributed by atoms with Crippen molar-refractivity contribution in [3.63, 3.8) is 0 Å². The number of hydrogen-bond donors (Lipinski definition) is 1. The van der Waals surface area contributed by atoms with Gasteiger partial charge in [-0.1, -0.05) is 24.3 Å². The van der Waals surface area contributed by atoms with Gasteiger partial charge in [-0.2, -0.15) is 0 Å². The molecule has 0 spiro atoms. The van der Waals surface area contributed by atoms with Gasteiger partial charge in [0.05, 0.1) is 10.7 Å². The van der Waals surface area contributed by atoms with Gasteiger partial charge in [-0.3, -0.25) is 0 Å². The summed E-state index contributed by atoms with van der Waals surface area (Å²) < 4.78 is 0. The lowest BCUT2D eigenvalue weighted by atomic mass is 9.94. The van der Waals surface area contributed by atoms with E-state index in [-0.39, 0.29) is 6.04 Å². The Kier molecular flexibility index (Phi) is 2.73. The van der Waals surface area contributed by atoms with Crippen LogP contribution < -0.4 is 5.73 Å². The fourth-order valence-electron chi connectivity index (χ4n) is 2.36. The minimum Gasteiger partial charge on any atom is -0.328 e. The van der Waals surface area contributed by atoms with Crippen LogP contribution in [0.15, 0.2) is 24.3 Å². The summed E-state index contributed by atoms with van der Waals surface area (Å²) in [6.07, 6.45) is 3.16. The Morgan fingerprint density at radius 2 is 2.18 bits per heavy atom. The van der Waals surface area contributed by atoms with Crippen LogP contribution in [0.1, 0.15) is 22.4 Å². The predicted molar refractivity (Wildman–Crippen MR) is 72.3 cm³/mol. The van der Waals surface area contributed by atoms with Gasteiger partial charge in [0.25, 0.3) is 0 Å². The SMILES string of the molecule is CC(N)Cc1nc2c(s1)CCc1ccccc1-2. The predicted octanol–water partition coefficient (Wildman–Crippen LogP) is 2.80. The molecular formula is C14H16N2S. The molecule has 0 aliphatic heterocycles. The summed E-state index contributed by atoms with van der Waals surface area (Å²) in [7, 11) is 0. The van der Waals surface area contributed by atoms with Crippen LogP contribution in [-0.4, -0.2) is 11.0 Å². The molecule has 0 saturated heterocycles. The van der Waals surface area contributed by atoms with Crippen LogP contribution in [0, 0.1) is 0 Å². The summed E-state index contributed by atoms with van der Waals surface area (Å²) in [5, 5.41) is 1.18. The van der Waals surface area contributed by atoms with Crippen LogP contribution in [0.2, 0.25) is 0 Å². The summed E-state index contributed by atoms with van der Waals surface area (Å²) in [6, 6.07) is 8.79. The zero-order valence-electron chi connectivity index (χ0n) is 9.94. The molecule has 1 heterocycles. The van der Waals surface area contributed by atoms with E-state index in [0.717, 1.165) is 19.3 Å². The quantitative estimate of drug-likeness (QED) is 0.882. The average Bonchev–Trinajstić information content (AvgIpc) is 2.70. The Morgan fingerprint density at radius 1 is 1.35 bits per heavy atom. The van der Waals surface area contributed by atoms with Crippen molar-refractivity contribution in [1.29, 1.82) is 0 Å². The largest absolute Gasteiger partial charge is 0.328 e. The fraction of sp³-hybridized carbons (Fsp3) is 0.357. The maximum absolute atomic E-state index is 5.84. The topological polar surface area (TPSA) is 38.9 Å². The van der Waals surface area contributed by atoms with Gasteiger partial charge in [-0.05, 0) is 25.3 Å². The van der Waals surface area contributed by atoms with Gasteiger partial charge in [0.1, 0.15) is 0 Å². The molecule has 1 aliphatic carbocycles. The van der Waals surface area contributed by atoms with Gasteiger partial charge in [-0.15, -0.1) is 11.3 Å². The van der Waals surface area contributed by atoms with Crippen molar-refractivity contribution in [2.75, 3.05) is 0 Å². The van der Waals surface area contributed by atoms with Gasteiger partial charge in [-0.25, -0.2) is 4.98 Å². The highest BCUT2D eigenvalue weighted by Gasteiger charge is 2.20. The Bertz CT molecular complexity index is 543. The van der Waals surface area contributed by atoms with E-state index in [1.54, 1.807) is 0 Å². The third-order valence-electron chi connectivity index (χ3n) is 3.13.